The number of hydrogen-bond donors (Lipinski definition) is 0. The van der Waals surface area contributed by atoms with E-state index in [1.54, 1.807) is 0 Å². The minimum Gasteiger partial charge on any atom is -0.144 e. The molecule has 1 aromatic rings. The van der Waals surface area contributed by atoms with Crippen molar-refractivity contribution in [2.24, 2.45) is 16.7 Å². The van der Waals surface area contributed by atoms with Crippen molar-refractivity contribution in [3.63, 3.8) is 0 Å². The molecule has 2 bridgehead atoms. The Hall–Kier alpha value is 0.660. The lowest BCUT2D eigenvalue weighted by atomic mass is 9.65. The van der Waals surface area contributed by atoms with Gasteiger partial charge in [-0.2, -0.15) is 0 Å². The molecule has 104 valence electrons. The van der Waals surface area contributed by atoms with E-state index in [0.717, 1.165) is 0 Å². The third kappa shape index (κ3) is 1.67. The average molecular weight is 404 g/mol. The number of rotatable bonds is 1. The van der Waals surface area contributed by atoms with Gasteiger partial charge in [-0.15, -0.1) is 11.3 Å². The number of halogens is 2. The molecule has 4 unspecified atom stereocenters. The Kier molecular flexibility index (Phi) is 3.33. The normalized spacial score (nSPS) is 40.1. The van der Waals surface area contributed by atoms with E-state index >= 15 is 0 Å². The maximum atomic E-state index is 4.51. The van der Waals surface area contributed by atoms with Crippen LogP contribution in [0.1, 0.15) is 41.0 Å². The molecule has 0 nitrogen and oxygen atoms in total. The van der Waals surface area contributed by atoms with E-state index in [4.69, 9.17) is 0 Å². The average Bonchev–Trinajstić information content (AvgIpc) is 2.73. The second-order valence-electron chi connectivity index (χ2n) is 6.58. The molecule has 2 aliphatic carbocycles. The van der Waals surface area contributed by atoms with Gasteiger partial charge in [-0.1, -0.05) is 22.9 Å². The molecule has 0 amide bonds. The molecular formula is C16H20Br2S. The van der Waals surface area contributed by atoms with E-state index < -0.39 is 0 Å². The van der Waals surface area contributed by atoms with Crippen molar-refractivity contribution in [2.75, 3.05) is 0 Å². The number of hydrogen-bond acceptors (Lipinski definition) is 1. The zero-order valence-corrected chi connectivity index (χ0v) is 15.7. The fourth-order valence-corrected chi connectivity index (χ4v) is 7.96. The minimum atomic E-state index is -0.0619. The van der Waals surface area contributed by atoms with Crippen LogP contribution in [0.3, 0.4) is 0 Å². The standard InChI is InChI=1S/C16H20Br2S/c1-8-11(13(17)9(2)19-8)12-14(18)10-6-7-16(12,5)15(10,3)4/h10,12,14H,3-4,6-7H2,1-2,5H3. The summed E-state index contributed by atoms with van der Waals surface area (Å²) < 4.78 is 1.31. The lowest BCUT2D eigenvalue weighted by Gasteiger charge is -2.40. The van der Waals surface area contributed by atoms with E-state index in [1.165, 1.54) is 32.6 Å². The largest absolute Gasteiger partial charge is 0.144 e. The van der Waals surface area contributed by atoms with Crippen LogP contribution in [0.15, 0.2) is 4.47 Å². The molecule has 2 saturated carbocycles. The number of thiophene rings is 1. The van der Waals surface area contributed by atoms with Crippen LogP contribution >= 0.6 is 43.2 Å². The fourth-order valence-electron chi connectivity index (χ4n) is 4.42. The second kappa shape index (κ2) is 4.33. The van der Waals surface area contributed by atoms with Crippen LogP contribution < -0.4 is 0 Å². The molecule has 2 aliphatic rings. The Balaban J connectivity index is 2.17. The molecule has 1 aromatic heterocycles. The first-order chi connectivity index (χ1) is 8.72. The highest BCUT2D eigenvalue weighted by atomic mass is 79.9. The monoisotopic (exact) mass is 402 g/mol. The van der Waals surface area contributed by atoms with Crippen LogP contribution in [0.2, 0.25) is 0 Å². The summed E-state index contributed by atoms with van der Waals surface area (Å²) in [7, 11) is 0. The van der Waals surface area contributed by atoms with Crippen LogP contribution in [0.4, 0.5) is 0 Å². The molecule has 0 N–H and O–H groups in total. The molecule has 3 heteroatoms. The highest BCUT2D eigenvalue weighted by Crippen LogP contribution is 2.73. The third-order valence-corrected chi connectivity index (χ3v) is 9.24. The van der Waals surface area contributed by atoms with Gasteiger partial charge in [0.1, 0.15) is 0 Å². The maximum Gasteiger partial charge on any atom is 0.0349 e. The molecule has 19 heavy (non-hydrogen) atoms. The molecule has 1 heterocycles. The SMILES string of the molecule is [CH2]C1([CH2])C2CCC1(C)C(c1c(C)sc(C)c1Br)C2Br. The summed E-state index contributed by atoms with van der Waals surface area (Å²) in [6.07, 6.45) is 2.51. The Morgan fingerprint density at radius 1 is 1.26 bits per heavy atom. The Morgan fingerprint density at radius 3 is 2.32 bits per heavy atom. The first kappa shape index (κ1) is 14.6. The van der Waals surface area contributed by atoms with E-state index in [-0.39, 0.29) is 10.8 Å². The van der Waals surface area contributed by atoms with Crippen molar-refractivity contribution in [2.45, 2.75) is 44.4 Å². The molecule has 4 atom stereocenters. The van der Waals surface area contributed by atoms with Crippen LogP contribution in [0, 0.1) is 44.4 Å². The number of alkyl halides is 1. The molecule has 0 aliphatic heterocycles. The van der Waals surface area contributed by atoms with Gasteiger partial charge in [-0.05, 0) is 78.8 Å². The Bertz CT molecular complexity index is 531. The van der Waals surface area contributed by atoms with E-state index in [0.29, 0.717) is 16.7 Å². The van der Waals surface area contributed by atoms with Crippen LogP contribution in [0.25, 0.3) is 0 Å². The molecule has 0 saturated heterocycles. The van der Waals surface area contributed by atoms with Crippen molar-refractivity contribution >= 4 is 43.2 Å². The van der Waals surface area contributed by atoms with Gasteiger partial charge in [0.2, 0.25) is 0 Å². The van der Waals surface area contributed by atoms with Gasteiger partial charge < -0.3 is 0 Å². The molecule has 0 spiro atoms. The van der Waals surface area contributed by atoms with Gasteiger partial charge in [-0.3, -0.25) is 0 Å². The summed E-state index contributed by atoms with van der Waals surface area (Å²) in [6, 6.07) is 0. The number of fused-ring (bicyclic) bond motifs is 2. The van der Waals surface area contributed by atoms with Crippen molar-refractivity contribution in [1.29, 1.82) is 0 Å². The quantitative estimate of drug-likeness (QED) is 0.500. The molecule has 2 fully saturated rings. The molecule has 0 aromatic carbocycles. The summed E-state index contributed by atoms with van der Waals surface area (Å²) in [5, 5.41) is 0. The van der Waals surface area contributed by atoms with Gasteiger partial charge in [0.25, 0.3) is 0 Å². The van der Waals surface area contributed by atoms with Crippen molar-refractivity contribution < 1.29 is 0 Å². The maximum absolute atomic E-state index is 4.51. The van der Waals surface area contributed by atoms with Crippen molar-refractivity contribution in [3.8, 4) is 0 Å². The molecule has 3 rings (SSSR count). The van der Waals surface area contributed by atoms with Gasteiger partial charge in [0.05, 0.1) is 0 Å². The highest BCUT2D eigenvalue weighted by Gasteiger charge is 2.66. The van der Waals surface area contributed by atoms with Crippen molar-refractivity contribution in [1.82, 2.24) is 0 Å². The Morgan fingerprint density at radius 2 is 1.89 bits per heavy atom. The zero-order valence-electron chi connectivity index (χ0n) is 11.7. The van der Waals surface area contributed by atoms with Gasteiger partial charge in [-0.25, -0.2) is 0 Å². The first-order valence-electron chi connectivity index (χ1n) is 6.82. The lowest BCUT2D eigenvalue weighted by molar-refractivity contribution is 0.190. The second-order valence-corrected chi connectivity index (χ2v) is 9.86. The Labute approximate surface area is 137 Å². The lowest BCUT2D eigenvalue weighted by Crippen LogP contribution is -2.32. The van der Waals surface area contributed by atoms with E-state index in [1.807, 2.05) is 11.3 Å². The topological polar surface area (TPSA) is 0 Å². The van der Waals surface area contributed by atoms with E-state index in [2.05, 4.69) is 66.5 Å². The zero-order chi connectivity index (χ0) is 14.2. The predicted molar refractivity (Wildman–Crippen MR) is 90.9 cm³/mol. The summed E-state index contributed by atoms with van der Waals surface area (Å²) in [5.74, 6) is 1.12. The van der Waals surface area contributed by atoms with E-state index in [9.17, 15) is 0 Å². The minimum absolute atomic E-state index is 0.0619. The van der Waals surface area contributed by atoms with Crippen LogP contribution in [-0.4, -0.2) is 4.83 Å². The summed E-state index contributed by atoms with van der Waals surface area (Å²) >= 11 is 9.71. The first-order valence-corrected chi connectivity index (χ1v) is 9.34. The van der Waals surface area contributed by atoms with Crippen molar-refractivity contribution in [3.05, 3.63) is 33.6 Å². The number of aryl methyl sites for hydroxylation is 2. The summed E-state index contributed by atoms with van der Waals surface area (Å²) in [6.45, 7) is 15.9. The van der Waals surface area contributed by atoms with Gasteiger partial charge in [0.15, 0.2) is 0 Å². The summed E-state index contributed by atoms with van der Waals surface area (Å²) in [4.78, 5) is 3.34. The van der Waals surface area contributed by atoms with Crippen LogP contribution in [-0.2, 0) is 0 Å². The highest BCUT2D eigenvalue weighted by molar-refractivity contribution is 9.10. The fraction of sp³-hybridized carbons (Fsp3) is 0.625. The predicted octanol–water partition coefficient (Wildman–Crippen LogP) is 6.06. The summed E-state index contributed by atoms with van der Waals surface area (Å²) in [5.41, 5.74) is 1.64. The van der Waals surface area contributed by atoms with Gasteiger partial charge >= 0.3 is 0 Å². The van der Waals surface area contributed by atoms with Crippen LogP contribution in [0.5, 0.6) is 0 Å². The smallest absolute Gasteiger partial charge is 0.0349 e. The third-order valence-electron chi connectivity index (χ3n) is 5.75. The molecule has 2 radical (unpaired) electrons. The molecular weight excluding hydrogens is 384 g/mol. The van der Waals surface area contributed by atoms with Gasteiger partial charge in [0, 0.05) is 25.0 Å².